The normalized spacial score (nSPS) is 10.7. The van der Waals surface area contributed by atoms with Crippen molar-refractivity contribution in [3.8, 4) is 0 Å². The van der Waals surface area contributed by atoms with Crippen molar-refractivity contribution in [1.82, 2.24) is 4.90 Å². The van der Waals surface area contributed by atoms with Crippen LogP contribution in [0.15, 0.2) is 72.8 Å². The zero-order chi connectivity index (χ0) is 17.2. The lowest BCUT2D eigenvalue weighted by atomic mass is 10.1. The second-order valence-electron chi connectivity index (χ2n) is 5.61. The van der Waals surface area contributed by atoms with E-state index in [-0.39, 0.29) is 18.1 Å². The number of carbonyl (C=O) groups excluding carboxylic acids is 2. The molecule has 0 heterocycles. The Hall–Kier alpha value is -2.68. The Morgan fingerprint density at radius 3 is 2.17 bits per heavy atom. The fourth-order valence-electron chi connectivity index (χ4n) is 2.40. The largest absolute Gasteiger partial charge is 0.334 e. The van der Waals surface area contributed by atoms with Gasteiger partial charge in [-0.1, -0.05) is 79.7 Å². The topological polar surface area (TPSA) is 37.4 Å². The fraction of sp³-hybridized carbons (Fsp3) is 0.238. The highest BCUT2D eigenvalue weighted by Crippen LogP contribution is 2.09. The summed E-state index contributed by atoms with van der Waals surface area (Å²) in [5.74, 6) is -0.286. The minimum atomic E-state index is -0.145. The van der Waals surface area contributed by atoms with Crippen LogP contribution in [0.25, 0.3) is 0 Å². The lowest BCUT2D eigenvalue weighted by Crippen LogP contribution is -2.32. The monoisotopic (exact) mass is 321 g/mol. The van der Waals surface area contributed by atoms with E-state index in [1.807, 2.05) is 60.7 Å². The van der Waals surface area contributed by atoms with Gasteiger partial charge >= 0.3 is 0 Å². The van der Waals surface area contributed by atoms with Gasteiger partial charge in [-0.25, -0.2) is 0 Å². The zero-order valence-corrected chi connectivity index (χ0v) is 14.0. The molecule has 124 valence electrons. The summed E-state index contributed by atoms with van der Waals surface area (Å²) in [6, 6.07) is 18.8. The molecule has 0 aliphatic carbocycles. The van der Waals surface area contributed by atoms with Crippen LogP contribution < -0.4 is 0 Å². The summed E-state index contributed by atoms with van der Waals surface area (Å²) in [6.45, 7) is 3.08. The maximum Gasteiger partial charge on any atom is 0.230 e. The number of Topliss-reactive ketones (excluding diaryl/α,β-unsaturated/α-hetero) is 1. The fourth-order valence-corrected chi connectivity index (χ4v) is 2.40. The second kappa shape index (κ2) is 9.46. The summed E-state index contributed by atoms with van der Waals surface area (Å²) in [4.78, 5) is 26.6. The standard InChI is InChI=1S/C21H23NO2/c1-2-3-10-15-22(17-18-11-6-4-7-12-18)21(24)16-20(23)19-13-8-5-9-14-19/h3-14H,2,15-17H2,1H3/b10-3+. The van der Waals surface area contributed by atoms with E-state index < -0.39 is 0 Å². The molecule has 0 saturated heterocycles. The van der Waals surface area contributed by atoms with E-state index in [0.717, 1.165) is 12.0 Å². The number of rotatable bonds is 8. The maximum absolute atomic E-state index is 12.6. The van der Waals surface area contributed by atoms with Crippen molar-refractivity contribution in [1.29, 1.82) is 0 Å². The highest BCUT2D eigenvalue weighted by atomic mass is 16.2. The minimum Gasteiger partial charge on any atom is -0.334 e. The van der Waals surface area contributed by atoms with Gasteiger partial charge in [-0.2, -0.15) is 0 Å². The Labute approximate surface area is 143 Å². The van der Waals surface area contributed by atoms with E-state index in [1.54, 1.807) is 17.0 Å². The van der Waals surface area contributed by atoms with Crippen molar-refractivity contribution < 1.29 is 9.59 Å². The first kappa shape index (κ1) is 17.7. The third kappa shape index (κ3) is 5.51. The van der Waals surface area contributed by atoms with Gasteiger partial charge in [0.2, 0.25) is 5.91 Å². The number of nitrogens with zero attached hydrogens (tertiary/aromatic N) is 1. The minimum absolute atomic E-state index is 0.100. The van der Waals surface area contributed by atoms with Crippen LogP contribution in [0.1, 0.15) is 35.7 Å². The summed E-state index contributed by atoms with van der Waals surface area (Å²) in [5.41, 5.74) is 1.64. The SMILES string of the molecule is CC/C=C/CN(Cc1ccccc1)C(=O)CC(=O)c1ccccc1. The molecule has 2 aromatic carbocycles. The molecule has 0 aliphatic heterocycles. The Balaban J connectivity index is 2.06. The van der Waals surface area contributed by atoms with E-state index in [4.69, 9.17) is 0 Å². The van der Waals surface area contributed by atoms with Crippen LogP contribution in [0.3, 0.4) is 0 Å². The lowest BCUT2D eigenvalue weighted by molar-refractivity contribution is -0.130. The number of ketones is 1. The van der Waals surface area contributed by atoms with E-state index >= 15 is 0 Å². The molecule has 0 bridgehead atoms. The van der Waals surface area contributed by atoms with E-state index in [1.165, 1.54) is 0 Å². The van der Waals surface area contributed by atoms with Crippen LogP contribution in [0.2, 0.25) is 0 Å². The number of amides is 1. The van der Waals surface area contributed by atoms with Crippen LogP contribution in [0, 0.1) is 0 Å². The van der Waals surface area contributed by atoms with Crippen LogP contribution >= 0.6 is 0 Å². The molecule has 3 nitrogen and oxygen atoms in total. The van der Waals surface area contributed by atoms with Crippen LogP contribution in [-0.4, -0.2) is 23.1 Å². The molecule has 3 heteroatoms. The average molecular weight is 321 g/mol. The molecule has 2 rings (SSSR count). The molecule has 0 N–H and O–H groups in total. The number of hydrogen-bond acceptors (Lipinski definition) is 2. The van der Waals surface area contributed by atoms with Crippen LogP contribution in [0.4, 0.5) is 0 Å². The maximum atomic E-state index is 12.6. The smallest absolute Gasteiger partial charge is 0.230 e. The lowest BCUT2D eigenvalue weighted by Gasteiger charge is -2.21. The molecule has 1 amide bonds. The molecular weight excluding hydrogens is 298 g/mol. The van der Waals surface area contributed by atoms with Gasteiger partial charge in [0, 0.05) is 18.7 Å². The van der Waals surface area contributed by atoms with E-state index in [0.29, 0.717) is 18.7 Å². The molecular formula is C21H23NO2. The predicted octanol–water partition coefficient (Wildman–Crippen LogP) is 4.25. The predicted molar refractivity (Wildman–Crippen MR) is 96.7 cm³/mol. The van der Waals surface area contributed by atoms with Gasteiger partial charge in [0.05, 0.1) is 6.42 Å². The van der Waals surface area contributed by atoms with Gasteiger partial charge in [0.1, 0.15) is 0 Å². The van der Waals surface area contributed by atoms with Crippen molar-refractivity contribution in [2.45, 2.75) is 26.3 Å². The molecule has 24 heavy (non-hydrogen) atoms. The molecule has 0 aromatic heterocycles. The number of carbonyl (C=O) groups is 2. The third-order valence-electron chi connectivity index (χ3n) is 3.70. The molecule has 0 atom stereocenters. The van der Waals surface area contributed by atoms with Crippen molar-refractivity contribution >= 4 is 11.7 Å². The Morgan fingerprint density at radius 2 is 1.54 bits per heavy atom. The second-order valence-corrected chi connectivity index (χ2v) is 5.61. The quantitative estimate of drug-likeness (QED) is 0.414. The molecule has 0 aliphatic rings. The average Bonchev–Trinajstić information content (AvgIpc) is 2.62. The van der Waals surface area contributed by atoms with Gasteiger partial charge in [-0.15, -0.1) is 0 Å². The third-order valence-corrected chi connectivity index (χ3v) is 3.70. The van der Waals surface area contributed by atoms with Crippen LogP contribution in [-0.2, 0) is 11.3 Å². The van der Waals surface area contributed by atoms with Crippen molar-refractivity contribution in [2.24, 2.45) is 0 Å². The first-order valence-corrected chi connectivity index (χ1v) is 8.25. The van der Waals surface area contributed by atoms with Crippen LogP contribution in [0.5, 0.6) is 0 Å². The summed E-state index contributed by atoms with van der Waals surface area (Å²) >= 11 is 0. The van der Waals surface area contributed by atoms with E-state index in [2.05, 4.69) is 6.92 Å². The van der Waals surface area contributed by atoms with Gasteiger partial charge in [0.25, 0.3) is 0 Å². The number of hydrogen-bond donors (Lipinski definition) is 0. The van der Waals surface area contributed by atoms with Gasteiger partial charge in [0.15, 0.2) is 5.78 Å². The highest BCUT2D eigenvalue weighted by Gasteiger charge is 2.17. The Kier molecular flexibility index (Phi) is 6.96. The molecule has 0 radical (unpaired) electrons. The number of benzene rings is 2. The summed E-state index contributed by atoms with van der Waals surface area (Å²) in [5, 5.41) is 0. The molecule has 0 unspecified atom stereocenters. The van der Waals surface area contributed by atoms with Gasteiger partial charge in [-0.3, -0.25) is 9.59 Å². The van der Waals surface area contributed by atoms with Gasteiger partial charge in [-0.05, 0) is 12.0 Å². The van der Waals surface area contributed by atoms with Gasteiger partial charge < -0.3 is 4.90 Å². The molecule has 0 spiro atoms. The Morgan fingerprint density at radius 1 is 0.917 bits per heavy atom. The zero-order valence-electron chi connectivity index (χ0n) is 14.0. The molecule has 0 saturated carbocycles. The van der Waals surface area contributed by atoms with E-state index in [9.17, 15) is 9.59 Å². The summed E-state index contributed by atoms with van der Waals surface area (Å²) < 4.78 is 0. The first-order chi connectivity index (χ1) is 11.7. The van der Waals surface area contributed by atoms with Crippen molar-refractivity contribution in [3.05, 3.63) is 83.9 Å². The first-order valence-electron chi connectivity index (χ1n) is 8.25. The van der Waals surface area contributed by atoms with Crippen molar-refractivity contribution in [3.63, 3.8) is 0 Å². The van der Waals surface area contributed by atoms with Crippen molar-refractivity contribution in [2.75, 3.05) is 6.54 Å². The molecule has 0 fully saturated rings. The summed E-state index contributed by atoms with van der Waals surface area (Å²) in [6.07, 6.45) is 4.84. The number of allylic oxidation sites excluding steroid dienone is 1. The molecule has 2 aromatic rings. The Bertz CT molecular complexity index is 677. The summed E-state index contributed by atoms with van der Waals surface area (Å²) in [7, 11) is 0. The highest BCUT2D eigenvalue weighted by molar-refractivity contribution is 6.07.